The first kappa shape index (κ1) is 19.2. The van der Waals surface area contributed by atoms with Gasteiger partial charge in [-0.1, -0.05) is 12.6 Å². The van der Waals surface area contributed by atoms with Crippen LogP contribution in [0.15, 0.2) is 52.3 Å². The fourth-order valence-electron chi connectivity index (χ4n) is 3.18. The summed E-state index contributed by atoms with van der Waals surface area (Å²) in [5.41, 5.74) is 9.45. The maximum atomic E-state index is 12.6. The highest BCUT2D eigenvalue weighted by molar-refractivity contribution is 5.76. The molecule has 0 spiro atoms. The molecular weight excluding hydrogens is 352 g/mol. The predicted molar refractivity (Wildman–Crippen MR) is 115 cm³/mol. The van der Waals surface area contributed by atoms with E-state index in [1.807, 2.05) is 27.1 Å². The van der Waals surface area contributed by atoms with E-state index in [1.54, 1.807) is 53.3 Å². The highest BCUT2D eigenvalue weighted by atomic mass is 16.1. The number of pyridine rings is 2. The minimum Gasteiger partial charge on any atom is -0.399 e. The number of nitrogens with zero attached hydrogens (tertiary/aromatic N) is 3. The largest absolute Gasteiger partial charge is 0.399 e. The summed E-state index contributed by atoms with van der Waals surface area (Å²) in [5.74, 6) is 0. The molecule has 6 heteroatoms. The van der Waals surface area contributed by atoms with Crippen LogP contribution in [0.25, 0.3) is 29.6 Å². The second-order valence-electron chi connectivity index (χ2n) is 7.14. The Balaban J connectivity index is 2.44. The van der Waals surface area contributed by atoms with Gasteiger partial charge in [-0.15, -0.1) is 0 Å². The highest BCUT2D eigenvalue weighted by Gasteiger charge is 2.13. The molecule has 0 saturated heterocycles. The Kier molecular flexibility index (Phi) is 4.96. The number of nitrogens with two attached hydrogens (primary N) is 1. The molecule has 0 aliphatic rings. The van der Waals surface area contributed by atoms with Crippen LogP contribution in [0.5, 0.6) is 0 Å². The molecule has 0 radical (unpaired) electrons. The molecule has 0 aliphatic carbocycles. The van der Waals surface area contributed by atoms with Gasteiger partial charge < -0.3 is 15.2 Å². The van der Waals surface area contributed by atoms with Crippen LogP contribution in [0, 0.1) is 6.92 Å². The molecule has 0 atom stereocenters. The second-order valence-corrected chi connectivity index (χ2v) is 7.14. The lowest BCUT2D eigenvalue weighted by atomic mass is 10.0. The lowest BCUT2D eigenvalue weighted by Crippen LogP contribution is -2.45. The SMILES string of the molecule is C=c1c(-c2cc(N)ccc2-n2cc(C)ccc2=O)cn(C)c(=O)/c1=C/N(C)C. The Hall–Kier alpha value is -3.54. The van der Waals surface area contributed by atoms with Crippen LogP contribution in [0.3, 0.4) is 0 Å². The third-order valence-corrected chi connectivity index (χ3v) is 4.54. The average Bonchev–Trinajstić information content (AvgIpc) is 2.64. The van der Waals surface area contributed by atoms with Gasteiger partial charge in [0.15, 0.2) is 0 Å². The van der Waals surface area contributed by atoms with Crippen molar-refractivity contribution in [3.8, 4) is 16.8 Å². The van der Waals surface area contributed by atoms with Crippen molar-refractivity contribution in [3.05, 3.63) is 79.4 Å². The van der Waals surface area contributed by atoms with Crippen molar-refractivity contribution in [1.82, 2.24) is 14.0 Å². The maximum absolute atomic E-state index is 12.6. The topological polar surface area (TPSA) is 73.3 Å². The summed E-state index contributed by atoms with van der Waals surface area (Å²) >= 11 is 0. The number of benzene rings is 1. The maximum Gasteiger partial charge on any atom is 0.259 e. The first-order chi connectivity index (χ1) is 13.2. The summed E-state index contributed by atoms with van der Waals surface area (Å²) in [4.78, 5) is 26.9. The number of aromatic nitrogens is 2. The van der Waals surface area contributed by atoms with Crippen LogP contribution in [0.1, 0.15) is 5.56 Å². The van der Waals surface area contributed by atoms with Gasteiger partial charge in [0.2, 0.25) is 0 Å². The molecule has 0 saturated carbocycles. The number of rotatable bonds is 3. The number of hydrogen-bond acceptors (Lipinski definition) is 4. The van der Waals surface area contributed by atoms with Crippen LogP contribution in [0.4, 0.5) is 5.69 Å². The van der Waals surface area contributed by atoms with Crippen molar-refractivity contribution in [2.75, 3.05) is 19.8 Å². The predicted octanol–water partition coefficient (Wildman–Crippen LogP) is 0.804. The van der Waals surface area contributed by atoms with Gasteiger partial charge in [-0.05, 0) is 35.9 Å². The van der Waals surface area contributed by atoms with Crippen molar-refractivity contribution >= 4 is 18.5 Å². The minimum absolute atomic E-state index is 0.138. The summed E-state index contributed by atoms with van der Waals surface area (Å²) in [5, 5.41) is 1.08. The molecule has 0 aliphatic heterocycles. The summed E-state index contributed by atoms with van der Waals surface area (Å²) < 4.78 is 3.11. The normalized spacial score (nSPS) is 11.6. The van der Waals surface area contributed by atoms with E-state index in [-0.39, 0.29) is 11.1 Å². The highest BCUT2D eigenvalue weighted by Crippen LogP contribution is 2.25. The molecule has 1 aromatic carbocycles. The molecule has 0 bridgehead atoms. The Morgan fingerprint density at radius 1 is 1.07 bits per heavy atom. The molecule has 3 aromatic rings. The zero-order chi connectivity index (χ0) is 20.6. The van der Waals surface area contributed by atoms with Crippen molar-refractivity contribution in [1.29, 1.82) is 0 Å². The summed E-state index contributed by atoms with van der Waals surface area (Å²) in [6.45, 7) is 6.08. The molecule has 3 rings (SSSR count). The Morgan fingerprint density at radius 2 is 1.79 bits per heavy atom. The number of aryl methyl sites for hydroxylation is 2. The van der Waals surface area contributed by atoms with E-state index >= 15 is 0 Å². The lowest BCUT2D eigenvalue weighted by molar-refractivity contribution is 0.612. The van der Waals surface area contributed by atoms with Crippen molar-refractivity contribution < 1.29 is 0 Å². The van der Waals surface area contributed by atoms with Gasteiger partial charge in [0, 0.05) is 62.6 Å². The second kappa shape index (κ2) is 7.23. The van der Waals surface area contributed by atoms with E-state index in [4.69, 9.17) is 5.73 Å². The fourth-order valence-corrected chi connectivity index (χ4v) is 3.18. The molecule has 2 aromatic heterocycles. The van der Waals surface area contributed by atoms with E-state index in [9.17, 15) is 9.59 Å². The first-order valence-electron chi connectivity index (χ1n) is 8.85. The van der Waals surface area contributed by atoms with E-state index in [2.05, 4.69) is 6.58 Å². The number of anilines is 1. The van der Waals surface area contributed by atoms with Crippen LogP contribution >= 0.6 is 0 Å². The lowest BCUT2D eigenvalue weighted by Gasteiger charge is -2.15. The molecule has 28 heavy (non-hydrogen) atoms. The third kappa shape index (κ3) is 3.49. The molecular formula is C22H24N4O2. The standard InChI is InChI=1S/C22H24N4O2/c1-14-6-9-21(27)26(11-14)20-8-7-16(23)10-17(20)18-13-25(5)22(28)19(15(18)2)12-24(3)4/h6-13H,2,23H2,1,3-5H3/b19-12+. The van der Waals surface area contributed by atoms with Gasteiger partial charge >= 0.3 is 0 Å². The zero-order valence-corrected chi connectivity index (χ0v) is 16.6. The van der Waals surface area contributed by atoms with Crippen LogP contribution in [-0.2, 0) is 7.05 Å². The monoisotopic (exact) mass is 376 g/mol. The van der Waals surface area contributed by atoms with Crippen LogP contribution < -0.4 is 27.3 Å². The molecule has 2 N–H and O–H groups in total. The smallest absolute Gasteiger partial charge is 0.259 e. The third-order valence-electron chi connectivity index (χ3n) is 4.54. The van der Waals surface area contributed by atoms with Crippen molar-refractivity contribution in [2.45, 2.75) is 6.92 Å². The van der Waals surface area contributed by atoms with Gasteiger partial charge in [0.1, 0.15) is 0 Å². The molecule has 0 fully saturated rings. The van der Waals surface area contributed by atoms with Gasteiger partial charge in [-0.2, -0.15) is 0 Å². The molecule has 0 unspecified atom stereocenters. The Bertz CT molecular complexity index is 1280. The van der Waals surface area contributed by atoms with Crippen LogP contribution in [0.2, 0.25) is 0 Å². The molecule has 6 nitrogen and oxygen atoms in total. The fraction of sp³-hybridized carbons (Fsp3) is 0.182. The van der Waals surface area contributed by atoms with Gasteiger partial charge in [0.25, 0.3) is 11.1 Å². The number of hydrogen-bond donors (Lipinski definition) is 1. The van der Waals surface area contributed by atoms with Crippen LogP contribution in [-0.4, -0.2) is 28.1 Å². The first-order valence-corrected chi connectivity index (χ1v) is 8.85. The van der Waals surface area contributed by atoms with E-state index < -0.39 is 0 Å². The van der Waals surface area contributed by atoms with Gasteiger partial charge in [-0.25, -0.2) is 0 Å². The van der Waals surface area contributed by atoms with E-state index in [0.29, 0.717) is 21.8 Å². The minimum atomic E-state index is -0.146. The summed E-state index contributed by atoms with van der Waals surface area (Å²) in [7, 11) is 5.40. The average molecular weight is 376 g/mol. The Morgan fingerprint density at radius 3 is 2.46 bits per heavy atom. The summed E-state index contributed by atoms with van der Waals surface area (Å²) in [6.07, 6.45) is 5.27. The van der Waals surface area contributed by atoms with Crippen molar-refractivity contribution in [2.24, 2.45) is 7.05 Å². The summed E-state index contributed by atoms with van der Waals surface area (Å²) in [6, 6.07) is 8.68. The molecule has 144 valence electrons. The Labute approximate surface area is 163 Å². The molecule has 0 amide bonds. The van der Waals surface area contributed by atoms with Crippen molar-refractivity contribution in [3.63, 3.8) is 0 Å². The zero-order valence-electron chi connectivity index (χ0n) is 16.6. The van der Waals surface area contributed by atoms with Gasteiger partial charge in [-0.3, -0.25) is 14.2 Å². The van der Waals surface area contributed by atoms with Gasteiger partial charge in [0.05, 0.1) is 10.9 Å². The van der Waals surface area contributed by atoms with E-state index in [0.717, 1.165) is 16.7 Å². The van der Waals surface area contributed by atoms with E-state index in [1.165, 1.54) is 10.6 Å². The quantitative estimate of drug-likeness (QED) is 0.687. The molecule has 2 heterocycles. The number of nitrogen functional groups attached to an aromatic ring is 1.